The third-order valence-corrected chi connectivity index (χ3v) is 7.06. The van der Waals surface area contributed by atoms with Crippen LogP contribution in [0.3, 0.4) is 0 Å². The normalized spacial score (nSPS) is 15.7. The highest BCUT2D eigenvalue weighted by Crippen LogP contribution is 2.49. The number of nitrogens with zero attached hydrogens (tertiary/aromatic N) is 3. The number of ether oxygens (including phenoxy) is 2. The summed E-state index contributed by atoms with van der Waals surface area (Å²) in [6, 6.07) is 14.2. The molecule has 1 unspecified atom stereocenters. The van der Waals surface area contributed by atoms with Gasteiger partial charge in [0, 0.05) is 22.9 Å². The highest BCUT2D eigenvalue weighted by molar-refractivity contribution is 7.80. The van der Waals surface area contributed by atoms with Crippen molar-refractivity contribution in [3.8, 4) is 22.6 Å². The minimum absolute atomic E-state index is 0.103. The van der Waals surface area contributed by atoms with Gasteiger partial charge in [-0.3, -0.25) is 0 Å². The molecule has 0 fully saturated rings. The van der Waals surface area contributed by atoms with Crippen LogP contribution in [-0.2, 0) is 0 Å². The van der Waals surface area contributed by atoms with Crippen LogP contribution in [0.4, 0.5) is 4.39 Å². The van der Waals surface area contributed by atoms with E-state index in [4.69, 9.17) is 31.6 Å². The molecule has 0 saturated heterocycles. The molecule has 11 heteroatoms. The molecule has 2 aromatic heterocycles. The van der Waals surface area contributed by atoms with Crippen molar-refractivity contribution in [2.24, 2.45) is 5.22 Å². The Morgan fingerprint density at radius 2 is 1.98 bits per heavy atom. The first-order valence-electron chi connectivity index (χ1n) is 12.8. The van der Waals surface area contributed by atoms with Crippen molar-refractivity contribution >= 4 is 28.3 Å². The monoisotopic (exact) mass is 571 g/mol. The number of fused-ring (bicyclic) bond motifs is 3. The Morgan fingerprint density at radius 1 is 1.22 bits per heavy atom. The van der Waals surface area contributed by atoms with Crippen LogP contribution in [0.1, 0.15) is 36.5 Å². The Labute approximate surface area is 240 Å². The molecular formula is C30H26FN5O4S. The van der Waals surface area contributed by atoms with Gasteiger partial charge in [0.25, 0.3) is 0 Å². The van der Waals surface area contributed by atoms with Crippen LogP contribution in [0.15, 0.2) is 92.9 Å². The number of halogens is 1. The molecule has 1 atom stereocenters. The molecule has 2 aliphatic heterocycles. The summed E-state index contributed by atoms with van der Waals surface area (Å²) in [6.45, 7) is 9.74. The first-order valence-corrected chi connectivity index (χ1v) is 13.2. The van der Waals surface area contributed by atoms with E-state index in [1.807, 2.05) is 32.0 Å². The second-order valence-electron chi connectivity index (χ2n) is 8.99. The molecular weight excluding hydrogens is 545 g/mol. The van der Waals surface area contributed by atoms with Crippen LogP contribution in [0.25, 0.3) is 22.1 Å². The lowest BCUT2D eigenvalue weighted by molar-refractivity contribution is 0.342. The van der Waals surface area contributed by atoms with Crippen LogP contribution in [0.2, 0.25) is 0 Å². The third-order valence-electron chi connectivity index (χ3n) is 6.79. The van der Waals surface area contributed by atoms with Crippen LogP contribution in [0.5, 0.6) is 11.5 Å². The predicted molar refractivity (Wildman–Crippen MR) is 156 cm³/mol. The summed E-state index contributed by atoms with van der Waals surface area (Å²) in [5.74, 6) is -0.193. The van der Waals surface area contributed by atoms with Crippen LogP contribution < -0.4 is 20.4 Å². The van der Waals surface area contributed by atoms with E-state index in [1.165, 1.54) is 13.3 Å². The van der Waals surface area contributed by atoms with Crippen LogP contribution in [0, 0.1) is 18.4 Å². The number of hydrogen-bond donors (Lipinski definition) is 2. The van der Waals surface area contributed by atoms with E-state index < -0.39 is 17.5 Å². The molecule has 0 spiro atoms. The van der Waals surface area contributed by atoms with Gasteiger partial charge in [-0.15, -0.1) is 0 Å². The van der Waals surface area contributed by atoms with Crippen LogP contribution >= 0.6 is 12.2 Å². The molecule has 4 aromatic rings. The van der Waals surface area contributed by atoms with E-state index >= 15 is 0 Å². The van der Waals surface area contributed by atoms with Gasteiger partial charge in [0.15, 0.2) is 5.75 Å². The number of benzene rings is 2. The fourth-order valence-corrected chi connectivity index (χ4v) is 5.22. The lowest BCUT2D eigenvalue weighted by Gasteiger charge is -2.37. The van der Waals surface area contributed by atoms with Gasteiger partial charge >= 0.3 is 5.63 Å². The van der Waals surface area contributed by atoms with Gasteiger partial charge in [0.1, 0.15) is 11.3 Å². The van der Waals surface area contributed by atoms with Gasteiger partial charge in [0.05, 0.1) is 35.2 Å². The van der Waals surface area contributed by atoms with Crippen molar-refractivity contribution in [2.75, 3.05) is 7.11 Å². The number of para-hydroxylation sites is 1. The zero-order valence-corrected chi connectivity index (χ0v) is 23.6. The van der Waals surface area contributed by atoms with Crippen molar-refractivity contribution in [3.63, 3.8) is 0 Å². The molecule has 2 aliphatic rings. The number of rotatable bonds is 4. The number of aromatic nitrogens is 1. The maximum Gasteiger partial charge on any atom is 0.344 e. The quantitative estimate of drug-likeness (QED) is 0.120. The Balaban J connectivity index is 0.00000165. The second-order valence-corrected chi connectivity index (χ2v) is 9.37. The van der Waals surface area contributed by atoms with Crippen molar-refractivity contribution in [1.82, 2.24) is 15.3 Å². The van der Waals surface area contributed by atoms with Crippen molar-refractivity contribution in [1.29, 1.82) is 5.53 Å². The summed E-state index contributed by atoms with van der Waals surface area (Å²) in [5.41, 5.74) is 10.7. The topological polar surface area (TPSA) is 113 Å². The predicted octanol–water partition coefficient (Wildman–Crippen LogP) is 6.72. The number of methoxy groups -OCH3 is 1. The van der Waals surface area contributed by atoms with Gasteiger partial charge in [-0.1, -0.05) is 43.8 Å². The van der Waals surface area contributed by atoms with E-state index in [0.717, 1.165) is 5.01 Å². The zero-order chi connectivity index (χ0) is 29.4. The number of nitrogens with one attached hydrogen (secondary N) is 2. The average molecular weight is 572 g/mol. The summed E-state index contributed by atoms with van der Waals surface area (Å²) in [6.07, 6.45) is 1.43. The Bertz CT molecular complexity index is 1830. The lowest BCUT2D eigenvalue weighted by atomic mass is 9.80. The largest absolute Gasteiger partial charge is 0.496 e. The van der Waals surface area contributed by atoms with E-state index in [2.05, 4.69) is 22.1 Å². The number of thiocarbonyl (C=S) groups is 1. The third kappa shape index (κ3) is 4.53. The van der Waals surface area contributed by atoms with Gasteiger partial charge < -0.3 is 19.2 Å². The van der Waals surface area contributed by atoms with Crippen LogP contribution in [-0.4, -0.2) is 22.2 Å². The molecule has 6 rings (SSSR count). The second kappa shape index (κ2) is 10.9. The molecule has 9 nitrogen and oxygen atoms in total. The molecule has 4 heterocycles. The first kappa shape index (κ1) is 27.7. The number of allylic oxidation sites excluding steroid dienone is 1. The molecule has 0 saturated carbocycles. The molecule has 0 aliphatic carbocycles. The highest BCUT2D eigenvalue weighted by atomic mass is 32.1. The van der Waals surface area contributed by atoms with Crippen molar-refractivity contribution < 1.29 is 18.3 Å². The number of aryl methyl sites for hydroxylation is 1. The minimum Gasteiger partial charge on any atom is -0.496 e. The molecule has 41 heavy (non-hydrogen) atoms. The van der Waals surface area contributed by atoms with Gasteiger partial charge in [-0.25, -0.2) is 9.78 Å². The summed E-state index contributed by atoms with van der Waals surface area (Å²) in [7, 11) is 1.54. The summed E-state index contributed by atoms with van der Waals surface area (Å²) in [4.78, 5) is 17.4. The van der Waals surface area contributed by atoms with Crippen molar-refractivity contribution in [3.05, 3.63) is 112 Å². The fraction of sp³-hybridized carbons (Fsp3) is 0.167. The van der Waals surface area contributed by atoms with E-state index in [0.29, 0.717) is 50.3 Å². The smallest absolute Gasteiger partial charge is 0.344 e. The molecule has 0 bridgehead atoms. The number of hydrogen-bond acceptors (Lipinski definition) is 8. The molecule has 208 valence electrons. The van der Waals surface area contributed by atoms with Gasteiger partial charge in [-0.2, -0.15) is 14.9 Å². The first-order chi connectivity index (χ1) is 19.8. The van der Waals surface area contributed by atoms with Gasteiger partial charge in [-0.05, 0) is 55.0 Å². The van der Waals surface area contributed by atoms with E-state index in [1.54, 1.807) is 37.3 Å². The maximum absolute atomic E-state index is 14.0. The Kier molecular flexibility index (Phi) is 7.38. The Hall–Kier alpha value is -4.90. The van der Waals surface area contributed by atoms with Crippen molar-refractivity contribution in [2.45, 2.75) is 26.7 Å². The van der Waals surface area contributed by atoms with E-state index in [-0.39, 0.29) is 22.3 Å². The molecule has 0 amide bonds. The molecule has 2 N–H and O–H groups in total. The molecule has 2 aromatic carbocycles. The summed E-state index contributed by atoms with van der Waals surface area (Å²) >= 11 is 5.38. The van der Waals surface area contributed by atoms with Gasteiger partial charge in [0.2, 0.25) is 16.9 Å². The standard InChI is InChI=1S/C28H20FN5O4S.C2H6/c1-13-10-16(12-31-25(13)29)18-11-15(8-9-19(18)36-3)22-21-14(2)34(33-30)28(39)32-26(21)38-24-17-6-4-5-7-20(17)37-27(35)23(22)24;1-2/h4-12,22,30H,2H2,1,3H3,(H,32,39);1-2H3. The fourth-order valence-electron chi connectivity index (χ4n) is 4.98. The average Bonchev–Trinajstić information content (AvgIpc) is 2.98. The maximum atomic E-state index is 14.0. The lowest BCUT2D eigenvalue weighted by Crippen LogP contribution is -2.45. The zero-order valence-electron chi connectivity index (χ0n) is 22.7. The number of pyridine rings is 1. The minimum atomic E-state index is -0.754. The van der Waals surface area contributed by atoms with E-state index in [9.17, 15) is 9.18 Å². The summed E-state index contributed by atoms with van der Waals surface area (Å²) in [5, 5.41) is 8.33. The SMILES string of the molecule is C=C1C2=C(NC(=S)N1N=N)Oc1c(c(=O)oc3ccccc13)C2c1ccc(OC)c(-c2cnc(F)c(C)c2)c1.CC. The Morgan fingerprint density at radius 3 is 2.68 bits per heavy atom. The highest BCUT2D eigenvalue weighted by Gasteiger charge is 2.42. The molecule has 0 radical (unpaired) electrons. The summed E-state index contributed by atoms with van der Waals surface area (Å²) < 4.78 is 31.5.